The van der Waals surface area contributed by atoms with Crippen LogP contribution in [0.2, 0.25) is 0 Å². The van der Waals surface area contributed by atoms with Gasteiger partial charge in [0.15, 0.2) is 0 Å². The predicted octanol–water partition coefficient (Wildman–Crippen LogP) is -1.74. The van der Waals surface area contributed by atoms with Gasteiger partial charge in [-0.15, -0.1) is 0 Å². The van der Waals surface area contributed by atoms with Crippen LogP contribution in [0.1, 0.15) is 6.92 Å². The molecule has 6 N–H and O–H groups in total. The number of rotatable bonds is 2. The molecule has 0 spiro atoms. The van der Waals surface area contributed by atoms with Crippen molar-refractivity contribution in [1.82, 2.24) is 0 Å². The third-order valence-electron chi connectivity index (χ3n) is 1.63. The summed E-state index contributed by atoms with van der Waals surface area (Å²) in [6.07, 6.45) is 0. The number of aromatic hydroxyl groups is 1. The summed E-state index contributed by atoms with van der Waals surface area (Å²) < 4.78 is 60.2. The van der Waals surface area contributed by atoms with Crippen molar-refractivity contribution in [2.24, 2.45) is 0 Å². The predicted molar refractivity (Wildman–Crippen MR) is 67.1 cm³/mol. The first-order chi connectivity index (χ1) is 8.80. The Morgan fingerprint density at radius 1 is 1.25 bits per heavy atom. The molecule has 1 amide bonds. The Balaban J connectivity index is 0.000000621. The summed E-state index contributed by atoms with van der Waals surface area (Å²) in [6.45, 7) is 1.23. The van der Waals surface area contributed by atoms with E-state index in [4.69, 9.17) is 25.7 Å². The monoisotopic (exact) mass is 373 g/mol. The van der Waals surface area contributed by atoms with Crippen molar-refractivity contribution in [1.29, 1.82) is 0 Å². The van der Waals surface area contributed by atoms with E-state index in [1.165, 1.54) is 6.92 Å². The largest absolute Gasteiger partial charge is 0.394 e. The topological polar surface area (TPSA) is 181 Å². The van der Waals surface area contributed by atoms with Gasteiger partial charge in [-0.25, -0.2) is 0 Å². The molecule has 0 aliphatic heterocycles. The maximum absolute atomic E-state index is 10.9. The quantitative estimate of drug-likeness (QED) is 0.199. The van der Waals surface area contributed by atoms with E-state index in [1.54, 1.807) is 0 Å². The van der Waals surface area contributed by atoms with Crippen molar-refractivity contribution in [3.05, 3.63) is 18.2 Å². The fourth-order valence-electron chi connectivity index (χ4n) is 0.995. The van der Waals surface area contributed by atoms with Crippen LogP contribution in [0.15, 0.2) is 18.2 Å². The van der Waals surface area contributed by atoms with Crippen LogP contribution < -0.4 is 9.67 Å². The van der Waals surface area contributed by atoms with E-state index in [1.807, 2.05) is 0 Å². The SMILES string of the molecule is CC(=O)Nc1cc([As](=O)(O)O)ccc1O.O=S(=O)(O)O. The van der Waals surface area contributed by atoms with Crippen LogP contribution >= 0.6 is 0 Å². The molecule has 0 fully saturated rings. The number of hydrogen-bond acceptors (Lipinski definition) is 5. The van der Waals surface area contributed by atoms with Gasteiger partial charge in [0.2, 0.25) is 0 Å². The number of nitrogens with one attached hydrogen (secondary N) is 1. The van der Waals surface area contributed by atoms with Gasteiger partial charge in [0.25, 0.3) is 0 Å². The van der Waals surface area contributed by atoms with Crippen LogP contribution in [-0.2, 0) is 18.9 Å². The molecule has 12 heteroatoms. The first-order valence-corrected chi connectivity index (χ1v) is 9.45. The molecule has 0 atom stereocenters. The summed E-state index contributed by atoms with van der Waals surface area (Å²) in [5, 5.41) is 11.6. The Hall–Kier alpha value is -1.36. The van der Waals surface area contributed by atoms with Gasteiger partial charge in [-0.05, 0) is 0 Å². The Morgan fingerprint density at radius 2 is 1.70 bits per heavy atom. The van der Waals surface area contributed by atoms with Crippen molar-refractivity contribution in [3.8, 4) is 5.75 Å². The molecule has 0 unspecified atom stereocenters. The number of hydrogen-bond donors (Lipinski definition) is 6. The van der Waals surface area contributed by atoms with E-state index in [9.17, 15) is 13.6 Å². The molecule has 0 heterocycles. The standard InChI is InChI=1S/C8H10AsNO5.H2O4S/c1-5(11)10-7-4-6(9(13,14)15)2-3-8(7)12;1-5(2,3)4/h2-4,12H,1H3,(H,10,11)(H2,13,14,15);(H2,1,2,3,4). The molecule has 0 saturated carbocycles. The third-order valence-corrected chi connectivity index (χ3v) is 3.62. The second-order valence-corrected chi connectivity index (χ2v) is 7.64. The summed E-state index contributed by atoms with van der Waals surface area (Å²) in [4.78, 5) is 10.7. The van der Waals surface area contributed by atoms with Crippen molar-refractivity contribution < 1.29 is 39.4 Å². The molecule has 1 aromatic carbocycles. The number of benzene rings is 1. The number of carbonyl (C=O) groups is 1. The van der Waals surface area contributed by atoms with Gasteiger partial charge in [0.1, 0.15) is 0 Å². The van der Waals surface area contributed by atoms with Crippen LogP contribution in [0.5, 0.6) is 5.75 Å². The number of amides is 1. The van der Waals surface area contributed by atoms with Gasteiger partial charge in [-0.2, -0.15) is 8.42 Å². The second-order valence-electron chi connectivity index (χ2n) is 3.37. The van der Waals surface area contributed by atoms with Gasteiger partial charge in [-0.3, -0.25) is 9.11 Å². The number of carbonyl (C=O) groups excluding carboxylic acids is 1. The van der Waals surface area contributed by atoms with E-state index in [-0.39, 0.29) is 15.8 Å². The summed E-state index contributed by atoms with van der Waals surface area (Å²) in [7, 11) is -4.67. The minimum absolute atomic E-state index is 0.00951. The van der Waals surface area contributed by atoms with Gasteiger partial charge in [0.05, 0.1) is 0 Å². The minimum atomic E-state index is -4.98. The molecule has 0 saturated heterocycles. The fraction of sp³-hybridized carbons (Fsp3) is 0.125. The molecule has 114 valence electrons. The first-order valence-electron chi connectivity index (χ1n) is 4.67. The van der Waals surface area contributed by atoms with Crippen molar-refractivity contribution in [2.75, 3.05) is 5.32 Å². The summed E-state index contributed by atoms with van der Waals surface area (Å²) in [6, 6.07) is 3.32. The van der Waals surface area contributed by atoms with E-state index < -0.39 is 30.5 Å². The molecular formula is C8H12AsNO9S. The Bertz CT molecular complexity index is 627. The van der Waals surface area contributed by atoms with Crippen LogP contribution in [0.4, 0.5) is 5.69 Å². The van der Waals surface area contributed by atoms with Gasteiger partial charge in [0, 0.05) is 0 Å². The molecule has 0 aromatic heterocycles. The van der Waals surface area contributed by atoms with Crippen LogP contribution in [-0.4, -0.2) is 50.9 Å². The molecule has 1 rings (SSSR count). The molecule has 0 aliphatic carbocycles. The number of phenols is 1. The smallest absolute Gasteiger partial charge is 0.264 e. The maximum atomic E-state index is 10.9. The average molecular weight is 373 g/mol. The van der Waals surface area contributed by atoms with Crippen molar-refractivity contribution >= 4 is 40.5 Å². The van der Waals surface area contributed by atoms with Crippen LogP contribution in [0.25, 0.3) is 0 Å². The summed E-state index contributed by atoms with van der Waals surface area (Å²) in [5.74, 6) is -0.668. The van der Waals surface area contributed by atoms with Crippen molar-refractivity contribution in [2.45, 2.75) is 6.92 Å². The zero-order valence-corrected chi connectivity index (χ0v) is 12.6. The molecular weight excluding hydrogens is 361 g/mol. The Morgan fingerprint density at radius 3 is 2.05 bits per heavy atom. The van der Waals surface area contributed by atoms with Gasteiger partial charge >= 0.3 is 98.5 Å². The van der Waals surface area contributed by atoms with E-state index in [0.717, 1.165) is 18.2 Å². The zero-order valence-electron chi connectivity index (χ0n) is 9.96. The van der Waals surface area contributed by atoms with Crippen LogP contribution in [0.3, 0.4) is 0 Å². The third kappa shape index (κ3) is 8.69. The molecule has 1 aromatic rings. The summed E-state index contributed by atoms with van der Waals surface area (Å²) in [5.41, 5.74) is -0.00951. The number of phenolic OH excluding ortho intramolecular Hbond substituents is 1. The van der Waals surface area contributed by atoms with Crippen LogP contribution in [0, 0.1) is 0 Å². The van der Waals surface area contributed by atoms with Gasteiger partial charge < -0.3 is 0 Å². The molecule has 0 bridgehead atoms. The maximum Gasteiger partial charge on any atom is 0.394 e. The summed E-state index contributed by atoms with van der Waals surface area (Å²) >= 11 is -4.98. The molecule has 0 aliphatic rings. The normalized spacial score (nSPS) is 11.2. The van der Waals surface area contributed by atoms with E-state index in [2.05, 4.69) is 5.32 Å². The zero-order chi connectivity index (χ0) is 16.1. The average Bonchev–Trinajstić information content (AvgIpc) is 2.16. The Labute approximate surface area is 116 Å². The van der Waals surface area contributed by atoms with E-state index in [0.29, 0.717) is 0 Å². The number of anilines is 1. The minimum Gasteiger partial charge on any atom is -0.264 e. The van der Waals surface area contributed by atoms with E-state index >= 15 is 0 Å². The Kier molecular flexibility index (Phi) is 6.41. The molecule has 10 nitrogen and oxygen atoms in total. The molecule has 0 radical (unpaired) electrons. The second kappa shape index (κ2) is 6.88. The van der Waals surface area contributed by atoms with Crippen molar-refractivity contribution in [3.63, 3.8) is 0 Å². The van der Waals surface area contributed by atoms with Gasteiger partial charge in [-0.1, -0.05) is 0 Å². The fourth-order valence-corrected chi connectivity index (χ4v) is 2.18. The first kappa shape index (κ1) is 18.6. The molecule has 20 heavy (non-hydrogen) atoms.